The summed E-state index contributed by atoms with van der Waals surface area (Å²) in [5.41, 5.74) is 2.02. The summed E-state index contributed by atoms with van der Waals surface area (Å²) in [5, 5.41) is 2.92. The summed E-state index contributed by atoms with van der Waals surface area (Å²) in [6.07, 6.45) is 0. The number of rotatable bonds is 6. The highest BCUT2D eigenvalue weighted by molar-refractivity contribution is 5.87. The molecule has 0 atom stereocenters. The van der Waals surface area contributed by atoms with Crippen LogP contribution in [0.15, 0.2) is 60.7 Å². The van der Waals surface area contributed by atoms with Crippen LogP contribution in [-0.2, 0) is 9.59 Å². The van der Waals surface area contributed by atoms with Gasteiger partial charge in [-0.05, 0) is 25.0 Å². The molecule has 148 valence electrons. The van der Waals surface area contributed by atoms with Crippen molar-refractivity contribution in [3.63, 3.8) is 0 Å². The fourth-order valence-corrected chi connectivity index (χ4v) is 3.65. The fourth-order valence-electron chi connectivity index (χ4n) is 3.65. The summed E-state index contributed by atoms with van der Waals surface area (Å²) in [7, 11) is 0. The molecule has 28 heavy (non-hydrogen) atoms. The minimum Gasteiger partial charge on any atom is -0.353 e. The van der Waals surface area contributed by atoms with Gasteiger partial charge in [0.1, 0.15) is 0 Å². The molecule has 0 saturated carbocycles. The van der Waals surface area contributed by atoms with E-state index in [-0.39, 0.29) is 23.8 Å². The second kappa shape index (κ2) is 9.51. The second-order valence-corrected chi connectivity index (χ2v) is 7.58. The fraction of sp³-hybridized carbons (Fsp3) is 0.391. The van der Waals surface area contributed by atoms with Crippen molar-refractivity contribution in [3.05, 3.63) is 71.8 Å². The molecule has 0 bridgehead atoms. The highest BCUT2D eigenvalue weighted by atomic mass is 16.2. The molecule has 0 unspecified atom stereocenters. The first-order chi connectivity index (χ1) is 13.5. The summed E-state index contributed by atoms with van der Waals surface area (Å²) in [5.74, 6) is -0.122. The Balaban J connectivity index is 1.67. The molecule has 0 aliphatic carbocycles. The predicted octanol–water partition coefficient (Wildman–Crippen LogP) is 2.49. The van der Waals surface area contributed by atoms with Gasteiger partial charge in [0.25, 0.3) is 0 Å². The standard InChI is InChI=1S/C23H29N3O2/c1-18(2)24-21(27)17-25-13-15-26(16-14-25)23(28)22(19-9-5-3-6-10-19)20-11-7-4-8-12-20/h3-12,18,22H,13-17H2,1-2H3,(H,24,27). The summed E-state index contributed by atoms with van der Waals surface area (Å²) < 4.78 is 0. The van der Waals surface area contributed by atoms with Gasteiger partial charge < -0.3 is 10.2 Å². The molecule has 0 radical (unpaired) electrons. The number of piperazine rings is 1. The van der Waals surface area contributed by atoms with E-state index in [0.717, 1.165) is 11.1 Å². The van der Waals surface area contributed by atoms with Crippen molar-refractivity contribution < 1.29 is 9.59 Å². The minimum atomic E-state index is -0.293. The van der Waals surface area contributed by atoms with E-state index >= 15 is 0 Å². The molecule has 1 fully saturated rings. The lowest BCUT2D eigenvalue weighted by Gasteiger charge is -2.36. The molecule has 1 saturated heterocycles. The number of hydrogen-bond acceptors (Lipinski definition) is 3. The lowest BCUT2D eigenvalue weighted by Crippen LogP contribution is -2.52. The average molecular weight is 380 g/mol. The Bertz CT molecular complexity index is 729. The zero-order valence-electron chi connectivity index (χ0n) is 16.7. The molecule has 3 rings (SSSR count). The number of amides is 2. The molecule has 0 spiro atoms. The van der Waals surface area contributed by atoms with Gasteiger partial charge in [-0.15, -0.1) is 0 Å². The Labute approximate surface area is 167 Å². The molecule has 5 nitrogen and oxygen atoms in total. The van der Waals surface area contributed by atoms with Crippen LogP contribution in [0.3, 0.4) is 0 Å². The molecular weight excluding hydrogens is 350 g/mol. The van der Waals surface area contributed by atoms with Gasteiger partial charge in [0, 0.05) is 32.2 Å². The molecule has 5 heteroatoms. The Morgan fingerprint density at radius 3 is 1.82 bits per heavy atom. The van der Waals surface area contributed by atoms with Gasteiger partial charge in [-0.25, -0.2) is 0 Å². The lowest BCUT2D eigenvalue weighted by molar-refractivity contribution is -0.134. The van der Waals surface area contributed by atoms with Crippen molar-refractivity contribution in [2.24, 2.45) is 0 Å². The molecule has 1 aliphatic heterocycles. The van der Waals surface area contributed by atoms with Crippen LogP contribution in [0, 0.1) is 0 Å². The van der Waals surface area contributed by atoms with Gasteiger partial charge in [-0.2, -0.15) is 0 Å². The Morgan fingerprint density at radius 2 is 1.36 bits per heavy atom. The van der Waals surface area contributed by atoms with Crippen molar-refractivity contribution in [1.82, 2.24) is 15.1 Å². The predicted molar refractivity (Wildman–Crippen MR) is 111 cm³/mol. The largest absolute Gasteiger partial charge is 0.353 e. The summed E-state index contributed by atoms with van der Waals surface area (Å²) in [4.78, 5) is 29.4. The Hall–Kier alpha value is -2.66. The van der Waals surface area contributed by atoms with Gasteiger partial charge in [0.2, 0.25) is 11.8 Å². The number of benzene rings is 2. The zero-order chi connectivity index (χ0) is 19.9. The molecule has 2 amide bonds. The van der Waals surface area contributed by atoms with Gasteiger partial charge in [0.05, 0.1) is 12.5 Å². The Kier molecular flexibility index (Phi) is 6.82. The lowest BCUT2D eigenvalue weighted by atomic mass is 9.90. The number of nitrogens with one attached hydrogen (secondary N) is 1. The van der Waals surface area contributed by atoms with E-state index in [4.69, 9.17) is 0 Å². The van der Waals surface area contributed by atoms with Crippen LogP contribution in [-0.4, -0.2) is 60.4 Å². The van der Waals surface area contributed by atoms with Crippen molar-refractivity contribution in [2.45, 2.75) is 25.8 Å². The first kappa shape index (κ1) is 20.1. The second-order valence-electron chi connectivity index (χ2n) is 7.58. The van der Waals surface area contributed by atoms with E-state index < -0.39 is 0 Å². The first-order valence-electron chi connectivity index (χ1n) is 9.95. The van der Waals surface area contributed by atoms with Gasteiger partial charge in [-0.1, -0.05) is 60.7 Å². The number of carbonyl (C=O) groups is 2. The molecule has 2 aromatic rings. The highest BCUT2D eigenvalue weighted by Crippen LogP contribution is 2.27. The van der Waals surface area contributed by atoms with E-state index in [1.165, 1.54) is 0 Å². The average Bonchev–Trinajstić information content (AvgIpc) is 2.70. The minimum absolute atomic E-state index is 0.0428. The highest BCUT2D eigenvalue weighted by Gasteiger charge is 2.30. The van der Waals surface area contributed by atoms with Crippen LogP contribution in [0.2, 0.25) is 0 Å². The Morgan fingerprint density at radius 1 is 0.857 bits per heavy atom. The topological polar surface area (TPSA) is 52.7 Å². The van der Waals surface area contributed by atoms with E-state index in [9.17, 15) is 9.59 Å². The normalized spacial score (nSPS) is 15.1. The van der Waals surface area contributed by atoms with Crippen LogP contribution in [0.25, 0.3) is 0 Å². The SMILES string of the molecule is CC(C)NC(=O)CN1CCN(C(=O)C(c2ccccc2)c2ccccc2)CC1. The number of nitrogens with zero attached hydrogens (tertiary/aromatic N) is 2. The maximum absolute atomic E-state index is 13.4. The van der Waals surface area contributed by atoms with Crippen LogP contribution in [0.5, 0.6) is 0 Å². The summed E-state index contributed by atoms with van der Waals surface area (Å²) in [6.45, 7) is 7.03. The summed E-state index contributed by atoms with van der Waals surface area (Å²) in [6, 6.07) is 20.1. The monoisotopic (exact) mass is 379 g/mol. The maximum atomic E-state index is 13.4. The third kappa shape index (κ3) is 5.20. The van der Waals surface area contributed by atoms with E-state index in [1.807, 2.05) is 79.4 Å². The first-order valence-corrected chi connectivity index (χ1v) is 9.95. The molecular formula is C23H29N3O2. The molecule has 1 N–H and O–H groups in total. The van der Waals surface area contributed by atoms with E-state index in [0.29, 0.717) is 32.7 Å². The van der Waals surface area contributed by atoms with Crippen LogP contribution in [0.4, 0.5) is 0 Å². The quantitative estimate of drug-likeness (QED) is 0.839. The van der Waals surface area contributed by atoms with Gasteiger partial charge in [-0.3, -0.25) is 14.5 Å². The molecule has 1 aliphatic rings. The van der Waals surface area contributed by atoms with Crippen molar-refractivity contribution in [2.75, 3.05) is 32.7 Å². The van der Waals surface area contributed by atoms with Crippen molar-refractivity contribution in [3.8, 4) is 0 Å². The summed E-state index contributed by atoms with van der Waals surface area (Å²) >= 11 is 0. The smallest absolute Gasteiger partial charge is 0.234 e. The third-order valence-corrected chi connectivity index (χ3v) is 5.01. The molecule has 2 aromatic carbocycles. The van der Waals surface area contributed by atoms with Crippen molar-refractivity contribution >= 4 is 11.8 Å². The van der Waals surface area contributed by atoms with Crippen LogP contribution in [0.1, 0.15) is 30.9 Å². The zero-order valence-corrected chi connectivity index (χ0v) is 16.7. The molecule has 0 aromatic heterocycles. The number of hydrogen-bond donors (Lipinski definition) is 1. The van der Waals surface area contributed by atoms with Gasteiger partial charge >= 0.3 is 0 Å². The third-order valence-electron chi connectivity index (χ3n) is 5.01. The maximum Gasteiger partial charge on any atom is 0.234 e. The van der Waals surface area contributed by atoms with E-state index in [1.54, 1.807) is 0 Å². The molecule has 1 heterocycles. The van der Waals surface area contributed by atoms with Gasteiger partial charge in [0.15, 0.2) is 0 Å². The van der Waals surface area contributed by atoms with Crippen LogP contribution >= 0.6 is 0 Å². The van der Waals surface area contributed by atoms with Crippen LogP contribution < -0.4 is 5.32 Å². The van der Waals surface area contributed by atoms with Crippen molar-refractivity contribution in [1.29, 1.82) is 0 Å². The van der Waals surface area contributed by atoms with E-state index in [2.05, 4.69) is 10.2 Å². The number of carbonyl (C=O) groups excluding carboxylic acids is 2.